The summed E-state index contributed by atoms with van der Waals surface area (Å²) in [5.41, 5.74) is 6.33. The van der Waals surface area contributed by atoms with Gasteiger partial charge in [-0.2, -0.15) is 0 Å². The van der Waals surface area contributed by atoms with Gasteiger partial charge >= 0.3 is 5.97 Å². The number of carboxylic acids is 1. The quantitative estimate of drug-likeness (QED) is 0.781. The molecule has 1 atom stereocenters. The first-order chi connectivity index (χ1) is 9.22. The Kier molecular flexibility index (Phi) is 4.53. The van der Waals surface area contributed by atoms with Gasteiger partial charge in [0.05, 0.1) is 5.92 Å². The first-order valence-corrected chi connectivity index (χ1v) is 6.64. The second kappa shape index (κ2) is 6.34. The van der Waals surface area contributed by atoms with E-state index in [-0.39, 0.29) is 0 Å². The van der Waals surface area contributed by atoms with Gasteiger partial charge in [0, 0.05) is 0 Å². The zero-order valence-corrected chi connectivity index (χ0v) is 10.9. The van der Waals surface area contributed by atoms with Crippen molar-refractivity contribution >= 4 is 16.7 Å². The van der Waals surface area contributed by atoms with Crippen molar-refractivity contribution in [1.82, 2.24) is 0 Å². The highest BCUT2D eigenvalue weighted by Gasteiger charge is 2.19. The average molecular weight is 257 g/mol. The Hall–Kier alpha value is -1.87. The molecular weight excluding hydrogens is 238 g/mol. The molecule has 19 heavy (non-hydrogen) atoms. The summed E-state index contributed by atoms with van der Waals surface area (Å²) in [6.07, 6.45) is 2.36. The third-order valence-corrected chi connectivity index (χ3v) is 3.42. The molecule has 3 N–H and O–H groups in total. The summed E-state index contributed by atoms with van der Waals surface area (Å²) in [6, 6.07) is 13.9. The summed E-state index contributed by atoms with van der Waals surface area (Å²) in [6.45, 7) is 0.615. The fraction of sp³-hybridized carbons (Fsp3) is 0.312. The summed E-state index contributed by atoms with van der Waals surface area (Å²) in [4.78, 5) is 11.4. The molecule has 0 spiro atoms. The average Bonchev–Trinajstić information content (AvgIpc) is 2.43. The van der Waals surface area contributed by atoms with Crippen LogP contribution in [0.3, 0.4) is 0 Å². The van der Waals surface area contributed by atoms with E-state index in [0.717, 1.165) is 29.2 Å². The van der Waals surface area contributed by atoms with Crippen LogP contribution in [0, 0.1) is 0 Å². The first-order valence-electron chi connectivity index (χ1n) is 6.64. The van der Waals surface area contributed by atoms with Gasteiger partial charge in [-0.05, 0) is 35.7 Å². The zero-order valence-electron chi connectivity index (χ0n) is 10.9. The number of fused-ring (bicyclic) bond motifs is 1. The number of nitrogens with two attached hydrogens (primary N) is 1. The Bertz CT molecular complexity index is 565. The normalized spacial score (nSPS) is 12.5. The van der Waals surface area contributed by atoms with E-state index in [4.69, 9.17) is 5.73 Å². The molecule has 0 saturated carbocycles. The highest BCUT2D eigenvalue weighted by molar-refractivity contribution is 5.85. The van der Waals surface area contributed by atoms with Gasteiger partial charge in [-0.25, -0.2) is 0 Å². The van der Waals surface area contributed by atoms with Gasteiger partial charge in [-0.3, -0.25) is 4.79 Å². The van der Waals surface area contributed by atoms with E-state index in [1.165, 1.54) is 0 Å². The van der Waals surface area contributed by atoms with Crippen LogP contribution in [0.4, 0.5) is 0 Å². The molecule has 0 saturated heterocycles. The minimum atomic E-state index is -0.757. The van der Waals surface area contributed by atoms with Gasteiger partial charge in [0.15, 0.2) is 0 Å². The van der Waals surface area contributed by atoms with Crippen LogP contribution in [0.25, 0.3) is 10.8 Å². The number of hydrogen-bond donors (Lipinski definition) is 2. The maximum Gasteiger partial charge on any atom is 0.310 e. The lowest BCUT2D eigenvalue weighted by Gasteiger charge is -2.13. The second-order valence-corrected chi connectivity index (χ2v) is 4.78. The van der Waals surface area contributed by atoms with E-state index < -0.39 is 11.9 Å². The molecule has 0 aromatic heterocycles. The molecule has 0 heterocycles. The Morgan fingerprint density at radius 1 is 1.11 bits per heavy atom. The molecule has 0 aliphatic carbocycles. The molecular formula is C16H19NO2. The van der Waals surface area contributed by atoms with Crippen molar-refractivity contribution in [2.24, 2.45) is 5.73 Å². The van der Waals surface area contributed by atoms with Crippen LogP contribution in [-0.4, -0.2) is 17.6 Å². The Balaban J connectivity index is 2.25. The molecule has 0 aliphatic rings. The summed E-state index contributed by atoms with van der Waals surface area (Å²) in [7, 11) is 0. The maximum absolute atomic E-state index is 11.4. The number of carboxylic acid groups (broad SMARTS) is 1. The zero-order chi connectivity index (χ0) is 13.7. The van der Waals surface area contributed by atoms with Crippen LogP contribution in [-0.2, 0) is 4.79 Å². The van der Waals surface area contributed by atoms with Crippen molar-refractivity contribution < 1.29 is 9.90 Å². The predicted octanol–water partition coefficient (Wildman–Crippen LogP) is 3.14. The van der Waals surface area contributed by atoms with Gasteiger partial charge in [-0.1, -0.05) is 48.9 Å². The smallest absolute Gasteiger partial charge is 0.310 e. The highest BCUT2D eigenvalue weighted by atomic mass is 16.4. The molecule has 3 nitrogen and oxygen atoms in total. The summed E-state index contributed by atoms with van der Waals surface area (Å²) in [5, 5.41) is 11.6. The molecule has 0 bridgehead atoms. The number of rotatable bonds is 6. The van der Waals surface area contributed by atoms with E-state index >= 15 is 0 Å². The number of hydrogen-bond acceptors (Lipinski definition) is 2. The van der Waals surface area contributed by atoms with E-state index in [1.54, 1.807) is 0 Å². The topological polar surface area (TPSA) is 63.3 Å². The van der Waals surface area contributed by atoms with Crippen LogP contribution in [0.2, 0.25) is 0 Å². The molecule has 3 heteroatoms. The van der Waals surface area contributed by atoms with Gasteiger partial charge in [0.2, 0.25) is 0 Å². The Morgan fingerprint density at radius 2 is 1.84 bits per heavy atom. The third-order valence-electron chi connectivity index (χ3n) is 3.42. The fourth-order valence-corrected chi connectivity index (χ4v) is 2.35. The van der Waals surface area contributed by atoms with E-state index in [0.29, 0.717) is 13.0 Å². The Labute approximate surface area is 113 Å². The van der Waals surface area contributed by atoms with Crippen molar-refractivity contribution in [3.05, 3.63) is 48.0 Å². The van der Waals surface area contributed by atoms with Crippen molar-refractivity contribution in [1.29, 1.82) is 0 Å². The molecule has 1 unspecified atom stereocenters. The van der Waals surface area contributed by atoms with Crippen LogP contribution in [0.15, 0.2) is 42.5 Å². The number of benzene rings is 2. The van der Waals surface area contributed by atoms with Gasteiger partial charge in [0.25, 0.3) is 0 Å². The minimum Gasteiger partial charge on any atom is -0.481 e. The summed E-state index contributed by atoms with van der Waals surface area (Å²) >= 11 is 0. The van der Waals surface area contributed by atoms with Crippen LogP contribution >= 0.6 is 0 Å². The molecule has 0 aliphatic heterocycles. The highest BCUT2D eigenvalue weighted by Crippen LogP contribution is 2.26. The van der Waals surface area contributed by atoms with Gasteiger partial charge in [-0.15, -0.1) is 0 Å². The lowest BCUT2D eigenvalue weighted by Crippen LogP contribution is -2.12. The molecule has 0 radical (unpaired) electrons. The lowest BCUT2D eigenvalue weighted by molar-refractivity contribution is -0.139. The maximum atomic E-state index is 11.4. The van der Waals surface area contributed by atoms with Crippen LogP contribution < -0.4 is 5.73 Å². The number of unbranched alkanes of at least 4 members (excludes halogenated alkanes) is 1. The van der Waals surface area contributed by atoms with Crippen LogP contribution in [0.1, 0.15) is 30.7 Å². The standard InChI is InChI=1S/C16H19NO2/c17-10-4-3-7-15(16(18)19)14-9-8-12-5-1-2-6-13(12)11-14/h1-2,5-6,8-9,11,15H,3-4,7,10,17H2,(H,18,19). The number of carbonyl (C=O) groups is 1. The van der Waals surface area contributed by atoms with Crippen molar-refractivity contribution in [3.63, 3.8) is 0 Å². The minimum absolute atomic E-state index is 0.434. The molecule has 100 valence electrons. The molecule has 2 rings (SSSR count). The number of aliphatic carboxylic acids is 1. The summed E-state index contributed by atoms with van der Waals surface area (Å²) < 4.78 is 0. The predicted molar refractivity (Wildman–Crippen MR) is 77.2 cm³/mol. The molecule has 0 amide bonds. The lowest BCUT2D eigenvalue weighted by atomic mass is 9.92. The van der Waals surface area contributed by atoms with Crippen molar-refractivity contribution in [3.8, 4) is 0 Å². The van der Waals surface area contributed by atoms with Crippen molar-refractivity contribution in [2.45, 2.75) is 25.2 Å². The molecule has 2 aromatic rings. The first kappa shape index (κ1) is 13.6. The fourth-order valence-electron chi connectivity index (χ4n) is 2.35. The third kappa shape index (κ3) is 3.32. The second-order valence-electron chi connectivity index (χ2n) is 4.78. The van der Waals surface area contributed by atoms with Crippen molar-refractivity contribution in [2.75, 3.05) is 6.54 Å². The van der Waals surface area contributed by atoms with Gasteiger partial charge < -0.3 is 10.8 Å². The van der Waals surface area contributed by atoms with E-state index in [9.17, 15) is 9.90 Å². The molecule has 2 aromatic carbocycles. The molecule has 0 fully saturated rings. The monoisotopic (exact) mass is 257 g/mol. The summed E-state index contributed by atoms with van der Waals surface area (Å²) in [5.74, 6) is -1.19. The van der Waals surface area contributed by atoms with E-state index in [2.05, 4.69) is 0 Å². The Morgan fingerprint density at radius 3 is 2.53 bits per heavy atom. The van der Waals surface area contributed by atoms with Crippen LogP contribution in [0.5, 0.6) is 0 Å². The van der Waals surface area contributed by atoms with Gasteiger partial charge in [0.1, 0.15) is 0 Å². The van der Waals surface area contributed by atoms with E-state index in [1.807, 2.05) is 42.5 Å². The largest absolute Gasteiger partial charge is 0.481 e. The SMILES string of the molecule is NCCCCC(C(=O)O)c1ccc2ccccc2c1.